The molecule has 2 aromatic rings. The van der Waals surface area contributed by atoms with E-state index < -0.39 is 10.8 Å². The number of anilines is 1. The number of halogens is 1. The first-order valence-corrected chi connectivity index (χ1v) is 6.44. The fourth-order valence-electron chi connectivity index (χ4n) is 1.98. The molecular weight excluding hydrogens is 296 g/mol. The molecule has 0 spiro atoms. The van der Waals surface area contributed by atoms with Gasteiger partial charge in [-0.3, -0.25) is 19.6 Å². The minimum Gasteiger partial charge on any atom is -0.319 e. The van der Waals surface area contributed by atoms with Crippen LogP contribution in [0.1, 0.15) is 21.7 Å². The van der Waals surface area contributed by atoms with Gasteiger partial charge < -0.3 is 5.32 Å². The summed E-state index contributed by atoms with van der Waals surface area (Å²) in [6, 6.07) is 3.85. The SMILES string of the molecule is Cc1nn(C)c(C)c1NC(=O)c1cc(Cl)ccc1[N+](=O)[O-]. The number of nitrogens with one attached hydrogen (secondary N) is 1. The summed E-state index contributed by atoms with van der Waals surface area (Å²) in [5, 5.41) is 18.1. The molecule has 1 amide bonds. The predicted octanol–water partition coefficient (Wildman–Crippen LogP) is 2.85. The number of amides is 1. The molecule has 1 aromatic carbocycles. The van der Waals surface area contributed by atoms with E-state index in [9.17, 15) is 14.9 Å². The number of nitro groups is 1. The second-order valence-corrected chi connectivity index (χ2v) is 4.98. The molecule has 8 heteroatoms. The lowest BCUT2D eigenvalue weighted by molar-refractivity contribution is -0.385. The van der Waals surface area contributed by atoms with E-state index in [4.69, 9.17) is 11.6 Å². The standard InChI is InChI=1S/C13H13ClN4O3/c1-7-12(8(2)17(3)16-7)15-13(19)10-6-9(14)4-5-11(10)18(20)21/h4-6H,1-3H3,(H,15,19). The molecule has 2 rings (SSSR count). The highest BCUT2D eigenvalue weighted by Gasteiger charge is 2.22. The molecule has 1 heterocycles. The van der Waals surface area contributed by atoms with Crippen molar-refractivity contribution in [3.8, 4) is 0 Å². The number of nitro benzene ring substituents is 1. The van der Waals surface area contributed by atoms with Crippen LogP contribution in [-0.2, 0) is 7.05 Å². The van der Waals surface area contributed by atoms with Crippen LogP contribution in [0.25, 0.3) is 0 Å². The summed E-state index contributed by atoms with van der Waals surface area (Å²) in [4.78, 5) is 22.7. The minimum atomic E-state index is -0.617. The van der Waals surface area contributed by atoms with Gasteiger partial charge in [0.1, 0.15) is 5.56 Å². The summed E-state index contributed by atoms with van der Waals surface area (Å²) in [6.07, 6.45) is 0. The zero-order valence-corrected chi connectivity index (χ0v) is 12.4. The van der Waals surface area contributed by atoms with Gasteiger partial charge in [0.05, 0.1) is 22.0 Å². The molecule has 110 valence electrons. The quantitative estimate of drug-likeness (QED) is 0.697. The van der Waals surface area contributed by atoms with E-state index in [1.165, 1.54) is 18.2 Å². The Labute approximate surface area is 125 Å². The van der Waals surface area contributed by atoms with Crippen LogP contribution in [0.15, 0.2) is 18.2 Å². The van der Waals surface area contributed by atoms with Crippen molar-refractivity contribution in [3.63, 3.8) is 0 Å². The fraction of sp³-hybridized carbons (Fsp3) is 0.231. The van der Waals surface area contributed by atoms with Crippen LogP contribution in [0.3, 0.4) is 0 Å². The molecule has 0 bridgehead atoms. The third kappa shape index (κ3) is 2.87. The maximum Gasteiger partial charge on any atom is 0.282 e. The monoisotopic (exact) mass is 308 g/mol. The van der Waals surface area contributed by atoms with Gasteiger partial charge >= 0.3 is 0 Å². The van der Waals surface area contributed by atoms with Crippen LogP contribution < -0.4 is 5.32 Å². The largest absolute Gasteiger partial charge is 0.319 e. The van der Waals surface area contributed by atoms with E-state index in [1.54, 1.807) is 25.6 Å². The normalized spacial score (nSPS) is 10.5. The van der Waals surface area contributed by atoms with Crippen molar-refractivity contribution < 1.29 is 9.72 Å². The predicted molar refractivity (Wildman–Crippen MR) is 78.7 cm³/mol. The summed E-state index contributed by atoms with van der Waals surface area (Å²) in [5.74, 6) is -0.594. The molecule has 0 unspecified atom stereocenters. The molecule has 0 aliphatic rings. The maximum absolute atomic E-state index is 12.3. The third-order valence-corrected chi connectivity index (χ3v) is 3.38. The first kappa shape index (κ1) is 15.0. The Morgan fingerprint density at radius 1 is 1.43 bits per heavy atom. The number of rotatable bonds is 3. The van der Waals surface area contributed by atoms with E-state index in [-0.39, 0.29) is 16.3 Å². The Balaban J connectivity index is 2.41. The molecule has 0 aliphatic carbocycles. The van der Waals surface area contributed by atoms with E-state index in [1.807, 2.05) is 0 Å². The number of carbonyl (C=O) groups is 1. The lowest BCUT2D eigenvalue weighted by Gasteiger charge is -2.06. The summed E-state index contributed by atoms with van der Waals surface area (Å²) >= 11 is 5.82. The number of carbonyl (C=O) groups excluding carboxylic acids is 1. The van der Waals surface area contributed by atoms with Crippen molar-refractivity contribution in [1.29, 1.82) is 0 Å². The van der Waals surface area contributed by atoms with Gasteiger partial charge in [-0.25, -0.2) is 0 Å². The average Bonchev–Trinajstić information content (AvgIpc) is 2.64. The Hall–Kier alpha value is -2.41. The van der Waals surface area contributed by atoms with E-state index >= 15 is 0 Å². The van der Waals surface area contributed by atoms with Gasteiger partial charge in [0.25, 0.3) is 11.6 Å². The molecule has 21 heavy (non-hydrogen) atoms. The van der Waals surface area contributed by atoms with Crippen LogP contribution in [0.2, 0.25) is 5.02 Å². The summed E-state index contributed by atoms with van der Waals surface area (Å²) in [6.45, 7) is 3.54. The maximum atomic E-state index is 12.3. The average molecular weight is 309 g/mol. The van der Waals surface area contributed by atoms with Crippen molar-refractivity contribution in [3.05, 3.63) is 50.3 Å². The van der Waals surface area contributed by atoms with Gasteiger partial charge in [-0.1, -0.05) is 11.6 Å². The minimum absolute atomic E-state index is 0.0878. The molecule has 1 N–H and O–H groups in total. The molecule has 0 aliphatic heterocycles. The first-order valence-electron chi connectivity index (χ1n) is 6.06. The molecule has 1 aromatic heterocycles. The van der Waals surface area contributed by atoms with Crippen LogP contribution >= 0.6 is 11.6 Å². The fourth-order valence-corrected chi connectivity index (χ4v) is 2.16. The van der Waals surface area contributed by atoms with Crippen molar-refractivity contribution in [1.82, 2.24) is 9.78 Å². The van der Waals surface area contributed by atoms with Crippen LogP contribution in [-0.4, -0.2) is 20.6 Å². The molecular formula is C13H13ClN4O3. The van der Waals surface area contributed by atoms with Crippen molar-refractivity contribution in [2.45, 2.75) is 13.8 Å². The van der Waals surface area contributed by atoms with Crippen molar-refractivity contribution >= 4 is 28.9 Å². The van der Waals surface area contributed by atoms with Gasteiger partial charge in [0, 0.05) is 18.1 Å². The lowest BCUT2D eigenvalue weighted by atomic mass is 10.1. The van der Waals surface area contributed by atoms with Crippen LogP contribution in [0.5, 0.6) is 0 Å². The molecule has 0 fully saturated rings. The number of hydrogen-bond acceptors (Lipinski definition) is 4. The Morgan fingerprint density at radius 3 is 2.62 bits per heavy atom. The van der Waals surface area contributed by atoms with Gasteiger partial charge in [-0.15, -0.1) is 0 Å². The zero-order chi connectivity index (χ0) is 15.7. The van der Waals surface area contributed by atoms with Gasteiger partial charge in [0.2, 0.25) is 0 Å². The summed E-state index contributed by atoms with van der Waals surface area (Å²) in [5.41, 5.74) is 1.54. The summed E-state index contributed by atoms with van der Waals surface area (Å²) < 4.78 is 1.62. The number of aryl methyl sites for hydroxylation is 2. The van der Waals surface area contributed by atoms with Crippen LogP contribution in [0, 0.1) is 24.0 Å². The molecule has 7 nitrogen and oxygen atoms in total. The van der Waals surface area contributed by atoms with Crippen LogP contribution in [0.4, 0.5) is 11.4 Å². The Morgan fingerprint density at radius 2 is 2.10 bits per heavy atom. The van der Waals surface area contributed by atoms with Gasteiger partial charge in [-0.05, 0) is 26.0 Å². The second-order valence-electron chi connectivity index (χ2n) is 4.54. The highest BCUT2D eigenvalue weighted by molar-refractivity contribution is 6.31. The zero-order valence-electron chi connectivity index (χ0n) is 11.7. The highest BCUT2D eigenvalue weighted by Crippen LogP contribution is 2.25. The molecule has 0 atom stereocenters. The van der Waals surface area contributed by atoms with Gasteiger partial charge in [-0.2, -0.15) is 5.10 Å². The number of hydrogen-bond donors (Lipinski definition) is 1. The number of benzene rings is 1. The van der Waals surface area contributed by atoms with E-state index in [2.05, 4.69) is 10.4 Å². The molecule has 0 saturated heterocycles. The lowest BCUT2D eigenvalue weighted by Crippen LogP contribution is -2.15. The number of aromatic nitrogens is 2. The summed E-state index contributed by atoms with van der Waals surface area (Å²) in [7, 11) is 1.75. The Kier molecular flexibility index (Phi) is 3.95. The van der Waals surface area contributed by atoms with Crippen molar-refractivity contribution in [2.24, 2.45) is 7.05 Å². The second kappa shape index (κ2) is 5.53. The third-order valence-electron chi connectivity index (χ3n) is 3.15. The molecule has 0 saturated carbocycles. The topological polar surface area (TPSA) is 90.1 Å². The highest BCUT2D eigenvalue weighted by atomic mass is 35.5. The van der Waals surface area contributed by atoms with Gasteiger partial charge in [0.15, 0.2) is 0 Å². The smallest absolute Gasteiger partial charge is 0.282 e. The number of nitrogens with zero attached hydrogens (tertiary/aromatic N) is 3. The van der Waals surface area contributed by atoms with E-state index in [0.29, 0.717) is 11.4 Å². The van der Waals surface area contributed by atoms with E-state index in [0.717, 1.165) is 5.69 Å². The first-order chi connectivity index (χ1) is 9.81. The van der Waals surface area contributed by atoms with Crippen molar-refractivity contribution in [2.75, 3.05) is 5.32 Å². The Bertz CT molecular complexity index is 739. The molecule has 0 radical (unpaired) electrons.